The third-order valence-electron chi connectivity index (χ3n) is 4.62. The van der Waals surface area contributed by atoms with Crippen molar-refractivity contribution in [3.63, 3.8) is 0 Å². The van der Waals surface area contributed by atoms with E-state index < -0.39 is 17.9 Å². The van der Waals surface area contributed by atoms with E-state index in [2.05, 4.69) is 10.3 Å². The van der Waals surface area contributed by atoms with Crippen LogP contribution >= 0.6 is 11.3 Å². The molecule has 1 aromatic carbocycles. The Kier molecular flexibility index (Phi) is 5.41. The molecule has 2 unspecified atom stereocenters. The molecule has 0 spiro atoms. The summed E-state index contributed by atoms with van der Waals surface area (Å²) in [6.45, 7) is 5.38. The average Bonchev–Trinajstić information content (AvgIpc) is 3.27. The average molecular weight is 383 g/mol. The summed E-state index contributed by atoms with van der Waals surface area (Å²) in [4.78, 5) is 28.8. The van der Waals surface area contributed by atoms with Gasteiger partial charge in [-0.15, -0.1) is 11.3 Å². The molecule has 0 aliphatic carbocycles. The van der Waals surface area contributed by atoms with E-state index in [1.807, 2.05) is 54.1 Å². The Bertz CT molecular complexity index is 949. The summed E-state index contributed by atoms with van der Waals surface area (Å²) in [5.41, 5.74) is 2.94. The first-order valence-corrected chi connectivity index (χ1v) is 9.45. The highest BCUT2D eigenvalue weighted by atomic mass is 32.1. The Morgan fingerprint density at radius 2 is 1.93 bits per heavy atom. The summed E-state index contributed by atoms with van der Waals surface area (Å²) in [5, 5.41) is 15.0. The lowest BCUT2D eigenvalue weighted by molar-refractivity contribution is -0.142. The lowest BCUT2D eigenvalue weighted by atomic mass is 9.94. The zero-order chi connectivity index (χ0) is 19.6. The van der Waals surface area contributed by atoms with Gasteiger partial charge in [0.25, 0.3) is 5.91 Å². The summed E-state index contributed by atoms with van der Waals surface area (Å²) in [7, 11) is 0. The molecule has 7 heteroatoms. The quantitative estimate of drug-likeness (QED) is 0.679. The molecular weight excluding hydrogens is 362 g/mol. The Labute approximate surface area is 161 Å². The van der Waals surface area contributed by atoms with Gasteiger partial charge in [0.15, 0.2) is 5.13 Å². The zero-order valence-electron chi connectivity index (χ0n) is 15.3. The van der Waals surface area contributed by atoms with Gasteiger partial charge in [-0.25, -0.2) is 4.98 Å². The van der Waals surface area contributed by atoms with Crippen LogP contribution in [0, 0.1) is 19.8 Å². The highest BCUT2D eigenvalue weighted by Crippen LogP contribution is 2.26. The van der Waals surface area contributed by atoms with E-state index in [9.17, 15) is 14.7 Å². The summed E-state index contributed by atoms with van der Waals surface area (Å²) in [6, 6.07) is 10.3. The zero-order valence-corrected chi connectivity index (χ0v) is 16.2. The normalized spacial score (nSPS) is 13.1. The molecule has 2 atom stereocenters. The molecule has 0 saturated carbocycles. The molecule has 0 radical (unpaired) electrons. The first kappa shape index (κ1) is 18.8. The third kappa shape index (κ3) is 3.78. The number of benzene rings is 1. The van der Waals surface area contributed by atoms with Gasteiger partial charge in [-0.2, -0.15) is 0 Å². The predicted molar refractivity (Wildman–Crippen MR) is 104 cm³/mol. The van der Waals surface area contributed by atoms with Gasteiger partial charge in [-0.05, 0) is 32.4 Å². The maximum atomic E-state index is 13.0. The summed E-state index contributed by atoms with van der Waals surface area (Å²) in [6.07, 6.45) is 1.72. The number of nitrogens with one attached hydrogen (secondary N) is 1. The van der Waals surface area contributed by atoms with Crippen LogP contribution in [0.5, 0.6) is 0 Å². The molecule has 0 fully saturated rings. The van der Waals surface area contributed by atoms with Crippen molar-refractivity contribution in [3.05, 3.63) is 70.5 Å². The van der Waals surface area contributed by atoms with Crippen molar-refractivity contribution in [3.8, 4) is 5.13 Å². The lowest BCUT2D eigenvalue weighted by Gasteiger charge is -2.23. The molecule has 2 heterocycles. The Morgan fingerprint density at radius 1 is 1.22 bits per heavy atom. The maximum Gasteiger partial charge on any atom is 0.308 e. The number of hydrogen-bond donors (Lipinski definition) is 2. The van der Waals surface area contributed by atoms with Crippen LogP contribution in [0.25, 0.3) is 5.13 Å². The minimum atomic E-state index is -0.961. The van der Waals surface area contributed by atoms with Crippen LogP contribution in [-0.2, 0) is 4.79 Å². The van der Waals surface area contributed by atoms with Gasteiger partial charge in [0.1, 0.15) is 0 Å². The van der Waals surface area contributed by atoms with Crippen molar-refractivity contribution in [2.24, 2.45) is 5.92 Å². The van der Waals surface area contributed by atoms with Crippen LogP contribution in [0.2, 0.25) is 0 Å². The molecule has 140 valence electrons. The monoisotopic (exact) mass is 383 g/mol. The van der Waals surface area contributed by atoms with E-state index in [-0.39, 0.29) is 5.91 Å². The fourth-order valence-corrected chi connectivity index (χ4v) is 3.88. The number of thiazole rings is 1. The fraction of sp³-hybridized carbons (Fsp3) is 0.250. The van der Waals surface area contributed by atoms with Crippen LogP contribution in [0.15, 0.2) is 48.0 Å². The molecule has 1 amide bonds. The number of hydrogen-bond acceptors (Lipinski definition) is 4. The summed E-state index contributed by atoms with van der Waals surface area (Å²) in [5.74, 6) is -2.02. The number of aromatic nitrogens is 2. The SMILES string of the molecule is Cc1cc(C(=O)NC(c2ccccc2)C(C)C(=O)O)c(C)n1-c1nccs1. The topological polar surface area (TPSA) is 84.2 Å². The molecule has 27 heavy (non-hydrogen) atoms. The van der Waals surface area contributed by atoms with E-state index in [1.165, 1.54) is 11.3 Å². The number of carboxylic acid groups (broad SMARTS) is 1. The number of carboxylic acids is 1. The number of carbonyl (C=O) groups is 2. The Morgan fingerprint density at radius 3 is 2.52 bits per heavy atom. The van der Waals surface area contributed by atoms with Crippen molar-refractivity contribution in [2.75, 3.05) is 0 Å². The second-order valence-electron chi connectivity index (χ2n) is 6.42. The maximum absolute atomic E-state index is 13.0. The number of aliphatic carboxylic acids is 1. The largest absolute Gasteiger partial charge is 0.481 e. The molecule has 0 aliphatic rings. The smallest absolute Gasteiger partial charge is 0.308 e. The highest BCUT2D eigenvalue weighted by Gasteiger charge is 2.28. The number of rotatable bonds is 6. The van der Waals surface area contributed by atoms with E-state index in [4.69, 9.17) is 0 Å². The Hall–Kier alpha value is -2.93. The van der Waals surface area contributed by atoms with Gasteiger partial charge in [0.2, 0.25) is 0 Å². The van der Waals surface area contributed by atoms with Gasteiger partial charge >= 0.3 is 5.97 Å². The van der Waals surface area contributed by atoms with Gasteiger partial charge in [0.05, 0.1) is 17.5 Å². The minimum absolute atomic E-state index is 0.298. The van der Waals surface area contributed by atoms with Gasteiger partial charge in [0, 0.05) is 23.0 Å². The van der Waals surface area contributed by atoms with Gasteiger partial charge in [-0.3, -0.25) is 14.2 Å². The highest BCUT2D eigenvalue weighted by molar-refractivity contribution is 7.12. The molecule has 0 bridgehead atoms. The predicted octanol–water partition coefficient (Wildman–Crippen LogP) is 3.74. The summed E-state index contributed by atoms with van der Waals surface area (Å²) < 4.78 is 1.93. The van der Waals surface area contributed by atoms with Crippen molar-refractivity contribution < 1.29 is 14.7 Å². The van der Waals surface area contributed by atoms with Crippen LogP contribution in [-0.4, -0.2) is 26.5 Å². The molecule has 2 aromatic heterocycles. The van der Waals surface area contributed by atoms with E-state index in [1.54, 1.807) is 19.2 Å². The first-order valence-electron chi connectivity index (χ1n) is 8.57. The van der Waals surface area contributed by atoms with Crippen LogP contribution in [0.4, 0.5) is 0 Å². The molecule has 0 saturated heterocycles. The molecule has 2 N–H and O–H groups in total. The number of nitrogens with zero attached hydrogens (tertiary/aromatic N) is 2. The minimum Gasteiger partial charge on any atom is -0.481 e. The third-order valence-corrected chi connectivity index (χ3v) is 5.38. The van der Waals surface area contributed by atoms with Gasteiger partial charge < -0.3 is 10.4 Å². The lowest BCUT2D eigenvalue weighted by Crippen LogP contribution is -2.35. The van der Waals surface area contributed by atoms with Crippen molar-refractivity contribution in [2.45, 2.75) is 26.8 Å². The molecule has 3 rings (SSSR count). The van der Waals surface area contributed by atoms with E-state index >= 15 is 0 Å². The van der Waals surface area contributed by atoms with E-state index in [0.29, 0.717) is 5.56 Å². The van der Waals surface area contributed by atoms with Crippen molar-refractivity contribution in [1.82, 2.24) is 14.9 Å². The fourth-order valence-electron chi connectivity index (χ4n) is 3.13. The number of amides is 1. The second kappa shape index (κ2) is 7.75. The standard InChI is InChI=1S/C20H21N3O3S/c1-12-11-16(14(3)23(12)20-21-9-10-27-20)18(24)22-17(13(2)19(25)26)15-7-5-4-6-8-15/h4-11,13,17H,1-3H3,(H,22,24)(H,25,26). The summed E-state index contributed by atoms with van der Waals surface area (Å²) >= 11 is 1.49. The van der Waals surface area contributed by atoms with Crippen molar-refractivity contribution >= 4 is 23.2 Å². The van der Waals surface area contributed by atoms with Gasteiger partial charge in [-0.1, -0.05) is 30.3 Å². The molecule has 0 aliphatic heterocycles. The van der Waals surface area contributed by atoms with Crippen LogP contribution < -0.4 is 5.32 Å². The number of aryl methyl sites for hydroxylation is 1. The van der Waals surface area contributed by atoms with Crippen molar-refractivity contribution in [1.29, 1.82) is 0 Å². The Balaban J connectivity index is 1.93. The number of carbonyl (C=O) groups excluding carboxylic acids is 1. The molecule has 6 nitrogen and oxygen atoms in total. The second-order valence-corrected chi connectivity index (χ2v) is 7.30. The van der Waals surface area contributed by atoms with Crippen LogP contribution in [0.3, 0.4) is 0 Å². The van der Waals surface area contributed by atoms with Crippen LogP contribution in [0.1, 0.15) is 40.3 Å². The van der Waals surface area contributed by atoms with E-state index in [0.717, 1.165) is 22.1 Å². The molecular formula is C20H21N3O3S. The first-order chi connectivity index (χ1) is 12.9. The molecule has 3 aromatic rings.